The molecule has 9 nitrogen and oxygen atoms in total. The largest absolute Gasteiger partial charge is 0.497 e. The molecule has 174 valence electrons. The van der Waals surface area contributed by atoms with Crippen LogP contribution in [0.5, 0.6) is 5.75 Å². The summed E-state index contributed by atoms with van der Waals surface area (Å²) < 4.78 is 11.2. The van der Waals surface area contributed by atoms with Crippen molar-refractivity contribution >= 4 is 0 Å². The van der Waals surface area contributed by atoms with Crippen molar-refractivity contribution in [1.29, 1.82) is 0 Å². The second kappa shape index (κ2) is 10.6. The lowest BCUT2D eigenvalue weighted by Gasteiger charge is -2.20. The molecule has 0 spiro atoms. The molecule has 0 saturated heterocycles. The van der Waals surface area contributed by atoms with Crippen molar-refractivity contribution in [3.05, 3.63) is 103 Å². The van der Waals surface area contributed by atoms with Crippen LogP contribution in [-0.4, -0.2) is 41.9 Å². The molecule has 0 atom stereocenters. The highest BCUT2D eigenvalue weighted by molar-refractivity contribution is 5.60. The Labute approximate surface area is 202 Å². The van der Waals surface area contributed by atoms with Crippen molar-refractivity contribution in [2.75, 3.05) is 7.11 Å². The van der Waals surface area contributed by atoms with E-state index in [0.29, 0.717) is 37.0 Å². The third-order valence-electron chi connectivity index (χ3n) is 5.26. The number of oxazole rings is 1. The second-order valence-electron chi connectivity index (χ2n) is 7.75. The summed E-state index contributed by atoms with van der Waals surface area (Å²) >= 11 is 0. The van der Waals surface area contributed by atoms with Crippen LogP contribution in [0.4, 0.5) is 0 Å². The summed E-state index contributed by atoms with van der Waals surface area (Å²) in [5.74, 6) is 3.35. The lowest BCUT2D eigenvalue weighted by Crippen LogP contribution is -2.25. The number of rotatable bonds is 9. The number of hydrogen-bond acceptors (Lipinski definition) is 9. The van der Waals surface area contributed by atoms with Gasteiger partial charge < -0.3 is 9.15 Å². The van der Waals surface area contributed by atoms with Gasteiger partial charge in [0.05, 0.1) is 32.1 Å². The average Bonchev–Trinajstić information content (AvgIpc) is 3.41. The van der Waals surface area contributed by atoms with Gasteiger partial charge in [0.25, 0.3) is 0 Å². The summed E-state index contributed by atoms with van der Waals surface area (Å²) in [7, 11) is 1.64. The van der Waals surface area contributed by atoms with Crippen LogP contribution in [0.2, 0.25) is 0 Å². The summed E-state index contributed by atoms with van der Waals surface area (Å²) in [6.07, 6.45) is 8.66. The van der Waals surface area contributed by atoms with Crippen LogP contribution >= 0.6 is 0 Å². The molecule has 0 aliphatic heterocycles. The predicted octanol–water partition coefficient (Wildman–Crippen LogP) is 4.19. The predicted molar refractivity (Wildman–Crippen MR) is 129 cm³/mol. The minimum absolute atomic E-state index is 0.460. The van der Waals surface area contributed by atoms with Crippen molar-refractivity contribution < 1.29 is 9.15 Å². The number of ether oxygens (including phenoxy) is 1. The number of aromatic nitrogens is 6. The van der Waals surface area contributed by atoms with Gasteiger partial charge in [-0.25, -0.2) is 29.9 Å². The smallest absolute Gasteiger partial charge is 0.245 e. The summed E-state index contributed by atoms with van der Waals surface area (Å²) in [4.78, 5) is 28.8. The second-order valence-corrected chi connectivity index (χ2v) is 7.75. The van der Waals surface area contributed by atoms with Crippen LogP contribution in [0.15, 0.2) is 90.0 Å². The van der Waals surface area contributed by atoms with Crippen molar-refractivity contribution in [1.82, 2.24) is 34.8 Å². The fourth-order valence-corrected chi connectivity index (χ4v) is 3.59. The van der Waals surface area contributed by atoms with Crippen LogP contribution in [-0.2, 0) is 19.6 Å². The zero-order valence-corrected chi connectivity index (χ0v) is 19.2. The normalized spacial score (nSPS) is 11.0. The molecule has 4 aromatic heterocycles. The number of hydrogen-bond donors (Lipinski definition) is 0. The maximum Gasteiger partial charge on any atom is 0.245 e. The minimum Gasteiger partial charge on any atom is -0.497 e. The highest BCUT2D eigenvalue weighted by Crippen LogP contribution is 2.27. The third kappa shape index (κ3) is 5.71. The number of methoxy groups -OCH3 is 1. The Kier molecular flexibility index (Phi) is 6.77. The summed E-state index contributed by atoms with van der Waals surface area (Å²) in [6, 6.07) is 17.1. The first kappa shape index (κ1) is 22.3. The molecule has 4 heterocycles. The first-order valence-corrected chi connectivity index (χ1v) is 11.1. The third-order valence-corrected chi connectivity index (χ3v) is 5.26. The molecule has 0 aliphatic rings. The van der Waals surface area contributed by atoms with Gasteiger partial charge in [-0.2, -0.15) is 0 Å². The van der Waals surface area contributed by atoms with E-state index in [4.69, 9.17) is 14.1 Å². The first-order chi connectivity index (χ1) is 17.3. The van der Waals surface area contributed by atoms with Crippen molar-refractivity contribution in [3.63, 3.8) is 0 Å². The molecule has 0 fully saturated rings. The molecule has 0 unspecified atom stereocenters. The van der Waals surface area contributed by atoms with E-state index in [2.05, 4.69) is 29.8 Å². The van der Waals surface area contributed by atoms with E-state index in [1.807, 2.05) is 42.5 Å². The van der Waals surface area contributed by atoms with Gasteiger partial charge in [0.2, 0.25) is 5.89 Å². The SMILES string of the molecule is COc1ccc(-c2cnc(-c3cccc(CN(Cc4ncccn4)Cc4ncccn4)n3)o2)cc1. The minimum atomic E-state index is 0.460. The lowest BCUT2D eigenvalue weighted by molar-refractivity contribution is 0.232. The van der Waals surface area contributed by atoms with Crippen LogP contribution < -0.4 is 4.74 Å². The van der Waals surface area contributed by atoms with E-state index in [1.165, 1.54) is 0 Å². The molecule has 0 amide bonds. The van der Waals surface area contributed by atoms with Crippen molar-refractivity contribution in [2.45, 2.75) is 19.6 Å². The van der Waals surface area contributed by atoms with E-state index >= 15 is 0 Å². The molecule has 0 bridgehead atoms. The van der Waals surface area contributed by atoms with Crippen molar-refractivity contribution in [3.8, 4) is 28.7 Å². The van der Waals surface area contributed by atoms with Crippen LogP contribution in [0.3, 0.4) is 0 Å². The Morgan fingerprint density at radius 3 is 2.03 bits per heavy atom. The molecule has 0 saturated carbocycles. The van der Waals surface area contributed by atoms with Gasteiger partial charge in [-0.05, 0) is 48.5 Å². The van der Waals surface area contributed by atoms with Gasteiger partial charge in [0, 0.05) is 36.9 Å². The molecule has 9 heteroatoms. The Morgan fingerprint density at radius 1 is 0.743 bits per heavy atom. The maximum atomic E-state index is 6.01. The van der Waals surface area contributed by atoms with E-state index in [0.717, 1.165) is 28.7 Å². The molecular formula is C26H23N7O2. The highest BCUT2D eigenvalue weighted by Gasteiger charge is 2.15. The molecular weight excluding hydrogens is 442 g/mol. The van der Waals surface area contributed by atoms with Gasteiger partial charge in [0.1, 0.15) is 23.1 Å². The Morgan fingerprint density at radius 2 is 1.40 bits per heavy atom. The Bertz CT molecular complexity index is 1320. The highest BCUT2D eigenvalue weighted by atomic mass is 16.5. The van der Waals surface area contributed by atoms with E-state index in [9.17, 15) is 0 Å². The zero-order chi connectivity index (χ0) is 23.9. The fourth-order valence-electron chi connectivity index (χ4n) is 3.59. The molecule has 5 aromatic rings. The summed E-state index contributed by atoms with van der Waals surface area (Å²) in [5, 5.41) is 0. The average molecular weight is 466 g/mol. The van der Waals surface area contributed by atoms with Gasteiger partial charge in [-0.3, -0.25) is 4.90 Å². The number of nitrogens with zero attached hydrogens (tertiary/aromatic N) is 7. The van der Waals surface area contributed by atoms with Gasteiger partial charge in [-0.1, -0.05) is 6.07 Å². The molecule has 0 radical (unpaired) electrons. The van der Waals surface area contributed by atoms with E-state index in [-0.39, 0.29) is 0 Å². The Hall–Kier alpha value is -4.50. The van der Waals surface area contributed by atoms with Gasteiger partial charge in [-0.15, -0.1) is 0 Å². The van der Waals surface area contributed by atoms with Crippen LogP contribution in [0.1, 0.15) is 17.3 Å². The molecule has 0 aliphatic carbocycles. The van der Waals surface area contributed by atoms with Gasteiger partial charge >= 0.3 is 0 Å². The molecule has 1 aromatic carbocycles. The number of pyridine rings is 1. The standard InChI is InChI=1S/C26H23N7O2/c1-34-21-9-7-19(8-10-21)23-15-31-26(35-23)22-6-2-5-20(32-22)16-33(17-24-27-11-3-12-28-24)18-25-29-13-4-14-30-25/h2-15H,16-18H2,1H3. The van der Waals surface area contributed by atoms with Gasteiger partial charge in [0.15, 0.2) is 5.76 Å². The molecule has 5 rings (SSSR count). The zero-order valence-electron chi connectivity index (χ0n) is 19.2. The van der Waals surface area contributed by atoms with Crippen LogP contribution in [0.25, 0.3) is 22.9 Å². The van der Waals surface area contributed by atoms with E-state index in [1.54, 1.807) is 50.2 Å². The van der Waals surface area contributed by atoms with Crippen LogP contribution in [0, 0.1) is 0 Å². The summed E-state index contributed by atoms with van der Waals surface area (Å²) in [5.41, 5.74) is 2.44. The number of benzene rings is 1. The Balaban J connectivity index is 1.36. The quantitative estimate of drug-likeness (QED) is 0.317. The first-order valence-electron chi connectivity index (χ1n) is 11.1. The molecule has 0 N–H and O–H groups in total. The maximum absolute atomic E-state index is 6.01. The fraction of sp³-hybridized carbons (Fsp3) is 0.154. The molecule has 35 heavy (non-hydrogen) atoms. The van der Waals surface area contributed by atoms with E-state index < -0.39 is 0 Å². The lowest BCUT2D eigenvalue weighted by atomic mass is 10.2. The summed E-state index contributed by atoms with van der Waals surface area (Å²) in [6.45, 7) is 1.62. The topological polar surface area (TPSA) is 103 Å². The monoisotopic (exact) mass is 465 g/mol. The van der Waals surface area contributed by atoms with Crippen molar-refractivity contribution in [2.24, 2.45) is 0 Å².